The maximum Gasteiger partial charge on any atom is 0.263 e. The Hall–Kier alpha value is -2.19. The van der Waals surface area contributed by atoms with Crippen molar-refractivity contribution in [1.82, 2.24) is 10.2 Å². The minimum absolute atomic E-state index is 0. The zero-order valence-corrected chi connectivity index (χ0v) is 16.9. The lowest BCUT2D eigenvalue weighted by Gasteiger charge is -2.36. The van der Waals surface area contributed by atoms with Gasteiger partial charge in [0.05, 0.1) is 0 Å². The number of aryl methyl sites for hydroxylation is 1. The van der Waals surface area contributed by atoms with E-state index in [-0.39, 0.29) is 23.9 Å². The number of carbonyl (C=O) groups is 1. The van der Waals surface area contributed by atoms with E-state index in [4.69, 9.17) is 0 Å². The highest BCUT2D eigenvalue weighted by atomic mass is 35.5. The highest BCUT2D eigenvalue weighted by molar-refractivity contribution is 5.97. The molecule has 1 amide bonds. The van der Waals surface area contributed by atoms with Crippen molar-refractivity contribution in [2.75, 3.05) is 37.6 Å². The summed E-state index contributed by atoms with van der Waals surface area (Å²) in [6.45, 7) is 12.3. The van der Waals surface area contributed by atoms with Crippen LogP contribution in [0.3, 0.4) is 0 Å². The van der Waals surface area contributed by atoms with E-state index in [1.54, 1.807) is 6.20 Å². The quantitative estimate of drug-likeness (QED) is 0.633. The van der Waals surface area contributed by atoms with Gasteiger partial charge in [0, 0.05) is 44.6 Å². The second-order valence-electron chi connectivity index (χ2n) is 7.00. The molecule has 1 heterocycles. The SMILES string of the molecule is Cc1cccc(N2CCN(/C=C(/C#N)C(=O)NCC(C)C)CC2)c1C.Cl. The second-order valence-corrected chi connectivity index (χ2v) is 7.00. The zero-order valence-electron chi connectivity index (χ0n) is 16.1. The Morgan fingerprint density at radius 2 is 1.92 bits per heavy atom. The number of carbonyl (C=O) groups excluding carboxylic acids is 1. The smallest absolute Gasteiger partial charge is 0.263 e. The van der Waals surface area contributed by atoms with Crippen LogP contribution >= 0.6 is 12.4 Å². The molecule has 0 bridgehead atoms. The maximum absolute atomic E-state index is 12.1. The number of nitrogens with zero attached hydrogens (tertiary/aromatic N) is 3. The number of hydrogen-bond acceptors (Lipinski definition) is 4. The molecule has 1 fully saturated rings. The van der Waals surface area contributed by atoms with E-state index >= 15 is 0 Å². The number of rotatable bonds is 5. The van der Waals surface area contributed by atoms with Crippen molar-refractivity contribution in [3.63, 3.8) is 0 Å². The highest BCUT2D eigenvalue weighted by Gasteiger charge is 2.19. The van der Waals surface area contributed by atoms with Gasteiger partial charge in [0.15, 0.2) is 0 Å². The summed E-state index contributed by atoms with van der Waals surface area (Å²) in [5, 5.41) is 12.1. The molecule has 26 heavy (non-hydrogen) atoms. The van der Waals surface area contributed by atoms with Crippen LogP contribution in [0.1, 0.15) is 25.0 Å². The largest absolute Gasteiger partial charge is 0.373 e. The number of nitriles is 1. The third-order valence-corrected chi connectivity index (χ3v) is 4.58. The molecule has 2 rings (SSSR count). The summed E-state index contributed by atoms with van der Waals surface area (Å²) in [4.78, 5) is 16.5. The van der Waals surface area contributed by atoms with Crippen LogP contribution in [-0.2, 0) is 4.79 Å². The Labute approximate surface area is 163 Å². The highest BCUT2D eigenvalue weighted by Crippen LogP contribution is 2.24. The Bertz CT molecular complexity index is 686. The lowest BCUT2D eigenvalue weighted by Crippen LogP contribution is -2.44. The Morgan fingerprint density at radius 1 is 1.27 bits per heavy atom. The van der Waals surface area contributed by atoms with Crippen LogP contribution in [0.25, 0.3) is 0 Å². The summed E-state index contributed by atoms with van der Waals surface area (Å²) < 4.78 is 0. The van der Waals surface area contributed by atoms with Crippen molar-refractivity contribution in [1.29, 1.82) is 5.26 Å². The second kappa shape index (κ2) is 10.1. The average molecular weight is 377 g/mol. The van der Waals surface area contributed by atoms with Gasteiger partial charge in [-0.1, -0.05) is 26.0 Å². The summed E-state index contributed by atoms with van der Waals surface area (Å²) in [6.07, 6.45) is 1.70. The van der Waals surface area contributed by atoms with E-state index in [1.807, 2.05) is 19.9 Å². The molecular weight excluding hydrogens is 348 g/mol. The first kappa shape index (κ1) is 21.9. The summed E-state index contributed by atoms with van der Waals surface area (Å²) >= 11 is 0. The fraction of sp³-hybridized carbons (Fsp3) is 0.500. The minimum Gasteiger partial charge on any atom is -0.373 e. The first-order valence-electron chi connectivity index (χ1n) is 8.87. The number of amides is 1. The molecule has 5 nitrogen and oxygen atoms in total. The molecule has 1 aromatic rings. The number of nitrogens with one attached hydrogen (secondary N) is 1. The van der Waals surface area contributed by atoms with Gasteiger partial charge in [0.1, 0.15) is 11.6 Å². The van der Waals surface area contributed by atoms with Crippen molar-refractivity contribution in [3.8, 4) is 6.07 Å². The molecule has 0 saturated carbocycles. The first-order chi connectivity index (χ1) is 11.9. The molecule has 0 aliphatic carbocycles. The predicted molar refractivity (Wildman–Crippen MR) is 108 cm³/mol. The molecular formula is C20H29ClN4O. The van der Waals surface area contributed by atoms with Gasteiger partial charge in [-0.15, -0.1) is 12.4 Å². The lowest BCUT2D eigenvalue weighted by molar-refractivity contribution is -0.117. The van der Waals surface area contributed by atoms with Crippen molar-refractivity contribution in [2.45, 2.75) is 27.7 Å². The predicted octanol–water partition coefficient (Wildman–Crippen LogP) is 3.03. The zero-order chi connectivity index (χ0) is 18.4. The molecule has 6 heteroatoms. The van der Waals surface area contributed by atoms with Crippen molar-refractivity contribution in [3.05, 3.63) is 41.1 Å². The molecule has 1 aliphatic heterocycles. The Balaban J connectivity index is 0.00000338. The van der Waals surface area contributed by atoms with Crippen molar-refractivity contribution >= 4 is 24.0 Å². The van der Waals surface area contributed by atoms with E-state index in [0.29, 0.717) is 12.5 Å². The third-order valence-electron chi connectivity index (χ3n) is 4.58. The molecule has 1 N–H and O–H groups in total. The molecule has 0 spiro atoms. The average Bonchev–Trinajstić information content (AvgIpc) is 2.60. The normalized spacial score (nSPS) is 14.7. The summed E-state index contributed by atoms with van der Waals surface area (Å²) in [7, 11) is 0. The summed E-state index contributed by atoms with van der Waals surface area (Å²) in [6, 6.07) is 8.41. The minimum atomic E-state index is -0.284. The van der Waals surface area contributed by atoms with Crippen molar-refractivity contribution < 1.29 is 4.79 Å². The Morgan fingerprint density at radius 3 is 2.50 bits per heavy atom. The van der Waals surface area contributed by atoms with E-state index in [9.17, 15) is 10.1 Å². The number of hydrogen-bond donors (Lipinski definition) is 1. The van der Waals surface area contributed by atoms with Crippen molar-refractivity contribution in [2.24, 2.45) is 5.92 Å². The van der Waals surface area contributed by atoms with Crippen LogP contribution < -0.4 is 10.2 Å². The van der Waals surface area contributed by atoms with Crippen LogP contribution in [0, 0.1) is 31.1 Å². The summed E-state index contributed by atoms with van der Waals surface area (Å²) in [5.41, 5.74) is 4.07. The first-order valence-corrected chi connectivity index (χ1v) is 8.87. The van der Waals surface area contributed by atoms with Crippen LogP contribution in [0.4, 0.5) is 5.69 Å². The van der Waals surface area contributed by atoms with Crippen LogP contribution in [0.15, 0.2) is 30.0 Å². The van der Waals surface area contributed by atoms with Crippen LogP contribution in [0.2, 0.25) is 0 Å². The molecule has 1 saturated heterocycles. The topological polar surface area (TPSA) is 59.4 Å². The molecule has 0 atom stereocenters. The van der Waals surface area contributed by atoms with E-state index in [2.05, 4.69) is 47.2 Å². The monoisotopic (exact) mass is 376 g/mol. The standard InChI is InChI=1S/C20H28N4O.ClH/c1-15(2)13-22-20(25)18(12-21)14-23-8-10-24(11-9-23)19-7-5-6-16(3)17(19)4;/h5-7,14-15H,8-11,13H2,1-4H3,(H,22,25);1H/b18-14-;. The number of halogens is 1. The molecule has 0 aromatic heterocycles. The summed E-state index contributed by atoms with van der Waals surface area (Å²) in [5.74, 6) is 0.0816. The Kier molecular flexibility index (Phi) is 8.47. The lowest BCUT2D eigenvalue weighted by atomic mass is 10.1. The van der Waals surface area contributed by atoms with Gasteiger partial charge in [-0.25, -0.2) is 0 Å². The van der Waals surface area contributed by atoms with Crippen LogP contribution in [-0.4, -0.2) is 43.5 Å². The maximum atomic E-state index is 12.1. The molecule has 1 aromatic carbocycles. The molecule has 0 unspecified atom stereocenters. The number of piperazine rings is 1. The van der Waals surface area contributed by atoms with Gasteiger partial charge in [0.25, 0.3) is 5.91 Å². The molecule has 1 aliphatic rings. The fourth-order valence-corrected chi connectivity index (χ4v) is 2.88. The van der Waals surface area contributed by atoms with E-state index in [0.717, 1.165) is 26.2 Å². The van der Waals surface area contributed by atoms with Gasteiger partial charge >= 0.3 is 0 Å². The third kappa shape index (κ3) is 5.67. The van der Waals surface area contributed by atoms with Gasteiger partial charge < -0.3 is 15.1 Å². The number of anilines is 1. The van der Waals surface area contributed by atoms with Gasteiger partial charge in [-0.05, 0) is 37.0 Å². The fourth-order valence-electron chi connectivity index (χ4n) is 2.88. The van der Waals surface area contributed by atoms with E-state index < -0.39 is 0 Å². The van der Waals surface area contributed by atoms with Crippen LogP contribution in [0.5, 0.6) is 0 Å². The molecule has 0 radical (unpaired) electrons. The van der Waals surface area contributed by atoms with Gasteiger partial charge in [-0.2, -0.15) is 5.26 Å². The van der Waals surface area contributed by atoms with Gasteiger partial charge in [0.2, 0.25) is 0 Å². The van der Waals surface area contributed by atoms with Gasteiger partial charge in [-0.3, -0.25) is 4.79 Å². The number of benzene rings is 1. The molecule has 142 valence electrons. The van der Waals surface area contributed by atoms with E-state index in [1.165, 1.54) is 16.8 Å².